The van der Waals surface area contributed by atoms with Gasteiger partial charge >= 0.3 is 0 Å². The van der Waals surface area contributed by atoms with Crippen molar-refractivity contribution in [3.8, 4) is 0 Å². The van der Waals surface area contributed by atoms with Crippen LogP contribution in [0.1, 0.15) is 52.7 Å². The molecule has 2 rings (SSSR count). The lowest BCUT2D eigenvalue weighted by molar-refractivity contribution is -0.118. The Morgan fingerprint density at radius 1 is 1.35 bits per heavy atom. The number of ether oxygens (including phenoxy) is 1. The van der Waals surface area contributed by atoms with Crippen molar-refractivity contribution in [2.75, 3.05) is 24.3 Å². The molecule has 0 radical (unpaired) electrons. The van der Waals surface area contributed by atoms with Crippen molar-refractivity contribution in [2.24, 2.45) is 0 Å². The van der Waals surface area contributed by atoms with E-state index in [-0.39, 0.29) is 24.3 Å². The van der Waals surface area contributed by atoms with Crippen LogP contribution in [0.5, 0.6) is 0 Å². The number of aromatic nitrogens is 1. The van der Waals surface area contributed by atoms with Crippen LogP contribution in [-0.4, -0.2) is 54.4 Å². The minimum absolute atomic E-state index is 0.0451. The summed E-state index contributed by atoms with van der Waals surface area (Å²) in [6.45, 7) is 6.69. The third-order valence-electron chi connectivity index (χ3n) is 4.84. The molecule has 0 bridgehead atoms. The lowest BCUT2D eigenvalue weighted by Gasteiger charge is -2.28. The van der Waals surface area contributed by atoms with E-state index < -0.39 is 25.9 Å². The molecule has 0 aliphatic carbocycles. The average Bonchev–Trinajstić information content (AvgIpc) is 3.04. The summed E-state index contributed by atoms with van der Waals surface area (Å²) in [4.78, 5) is 12.6. The summed E-state index contributed by atoms with van der Waals surface area (Å²) in [7, 11) is -3.74. The highest BCUT2D eigenvalue weighted by atomic mass is 32.2. The molecule has 9 heteroatoms. The Morgan fingerprint density at radius 3 is 2.62 bits per heavy atom. The topological polar surface area (TPSA) is 119 Å². The predicted octanol–water partition coefficient (Wildman–Crippen LogP) is 1.65. The van der Waals surface area contributed by atoms with Crippen LogP contribution in [0.4, 0.5) is 5.88 Å². The molecule has 1 aromatic rings. The fourth-order valence-corrected chi connectivity index (χ4v) is 4.03. The summed E-state index contributed by atoms with van der Waals surface area (Å²) in [6.07, 6.45) is 2.16. The molecule has 2 N–H and O–H groups in total. The van der Waals surface area contributed by atoms with Gasteiger partial charge in [-0.1, -0.05) is 19.0 Å². The predicted molar refractivity (Wildman–Crippen MR) is 96.7 cm³/mol. The van der Waals surface area contributed by atoms with E-state index in [4.69, 9.17) is 9.26 Å². The molecular formula is C17H28N2O6S. The quantitative estimate of drug-likeness (QED) is 0.729. The molecule has 148 valence electrons. The molecule has 1 amide bonds. The van der Waals surface area contributed by atoms with Gasteiger partial charge in [0.05, 0.1) is 24.2 Å². The highest BCUT2D eigenvalue weighted by Crippen LogP contribution is 2.27. The number of anilines is 1. The van der Waals surface area contributed by atoms with Crippen LogP contribution in [0.15, 0.2) is 10.6 Å². The zero-order chi connectivity index (χ0) is 19.6. The Morgan fingerprint density at radius 2 is 2.04 bits per heavy atom. The zero-order valence-electron chi connectivity index (χ0n) is 15.7. The zero-order valence-corrected chi connectivity index (χ0v) is 16.6. The first-order chi connectivity index (χ1) is 12.0. The number of rotatable bonds is 7. The number of hydrogen-bond donors (Lipinski definition) is 2. The second kappa shape index (κ2) is 7.66. The minimum Gasteiger partial charge on any atom is -0.395 e. The fourth-order valence-electron chi connectivity index (χ4n) is 2.53. The van der Waals surface area contributed by atoms with Gasteiger partial charge in [0.1, 0.15) is 4.75 Å². The van der Waals surface area contributed by atoms with Crippen molar-refractivity contribution >= 4 is 21.6 Å². The fraction of sp³-hybridized carbons (Fsp3) is 0.765. The van der Waals surface area contributed by atoms with Gasteiger partial charge in [-0.2, -0.15) is 0 Å². The Kier molecular flexibility index (Phi) is 6.14. The lowest BCUT2D eigenvalue weighted by Crippen LogP contribution is -2.48. The Balaban J connectivity index is 2.09. The summed E-state index contributed by atoms with van der Waals surface area (Å²) >= 11 is 0. The molecule has 0 spiro atoms. The molecule has 0 aromatic carbocycles. The third-order valence-corrected chi connectivity index (χ3v) is 7.39. The van der Waals surface area contributed by atoms with Crippen LogP contribution in [-0.2, 0) is 24.8 Å². The van der Waals surface area contributed by atoms with Crippen molar-refractivity contribution in [3.05, 3.63) is 11.8 Å². The van der Waals surface area contributed by atoms with Gasteiger partial charge in [-0.05, 0) is 33.1 Å². The number of hydrogen-bond acceptors (Lipinski definition) is 7. The maximum Gasteiger partial charge on any atom is 0.247 e. The molecule has 1 atom stereocenters. The molecule has 2 heterocycles. The molecule has 1 aliphatic heterocycles. The SMILES string of the molecule is CC(C)(CO)c1cc(NC(=O)C(C)(C)S(=O)(=O)C[C@H]2CCCCO2)on1. The van der Waals surface area contributed by atoms with Gasteiger partial charge in [-0.25, -0.2) is 8.42 Å². The van der Waals surface area contributed by atoms with Gasteiger partial charge < -0.3 is 14.4 Å². The van der Waals surface area contributed by atoms with Gasteiger partial charge in [0.25, 0.3) is 0 Å². The molecular weight excluding hydrogens is 360 g/mol. The molecule has 1 aliphatic rings. The number of nitrogens with one attached hydrogen (secondary N) is 1. The summed E-state index contributed by atoms with van der Waals surface area (Å²) < 4.78 is 34.4. The summed E-state index contributed by atoms with van der Waals surface area (Å²) in [6, 6.07) is 1.49. The van der Waals surface area contributed by atoms with Crippen molar-refractivity contribution < 1.29 is 27.6 Å². The van der Waals surface area contributed by atoms with E-state index >= 15 is 0 Å². The Hall–Kier alpha value is -1.45. The molecule has 0 saturated carbocycles. The number of sulfone groups is 1. The van der Waals surface area contributed by atoms with E-state index in [0.717, 1.165) is 12.8 Å². The maximum atomic E-state index is 12.7. The number of aliphatic hydroxyl groups is 1. The van der Waals surface area contributed by atoms with E-state index in [1.807, 2.05) is 0 Å². The van der Waals surface area contributed by atoms with Gasteiger partial charge in [0, 0.05) is 18.1 Å². The second-order valence-electron chi connectivity index (χ2n) is 7.85. The van der Waals surface area contributed by atoms with Crippen molar-refractivity contribution in [3.63, 3.8) is 0 Å². The van der Waals surface area contributed by atoms with Crippen molar-refractivity contribution in [1.82, 2.24) is 5.16 Å². The van der Waals surface area contributed by atoms with Gasteiger partial charge in [-0.3, -0.25) is 10.1 Å². The first kappa shape index (κ1) is 20.9. The summed E-state index contributed by atoms with van der Waals surface area (Å²) in [5, 5.41) is 15.7. The monoisotopic (exact) mass is 388 g/mol. The number of amides is 1. The molecule has 26 heavy (non-hydrogen) atoms. The Labute approximate surface area is 154 Å². The van der Waals surface area contributed by atoms with Gasteiger partial charge in [0.2, 0.25) is 11.8 Å². The van der Waals surface area contributed by atoms with Crippen molar-refractivity contribution in [1.29, 1.82) is 0 Å². The van der Waals surface area contributed by atoms with E-state index in [2.05, 4.69) is 10.5 Å². The van der Waals surface area contributed by atoms with E-state index in [1.165, 1.54) is 19.9 Å². The van der Waals surface area contributed by atoms with Crippen LogP contribution < -0.4 is 5.32 Å². The van der Waals surface area contributed by atoms with Crippen LogP contribution >= 0.6 is 0 Å². The normalized spacial score (nSPS) is 19.3. The highest BCUT2D eigenvalue weighted by Gasteiger charge is 2.43. The van der Waals surface area contributed by atoms with Crippen LogP contribution in [0, 0.1) is 0 Å². The van der Waals surface area contributed by atoms with Gasteiger partial charge in [-0.15, -0.1) is 0 Å². The maximum absolute atomic E-state index is 12.7. The number of aliphatic hydroxyl groups excluding tert-OH is 1. The van der Waals surface area contributed by atoms with E-state index in [0.29, 0.717) is 18.7 Å². The van der Waals surface area contributed by atoms with E-state index in [1.54, 1.807) is 13.8 Å². The first-order valence-corrected chi connectivity index (χ1v) is 10.4. The minimum atomic E-state index is -3.74. The number of carbonyl (C=O) groups excluding carboxylic acids is 1. The van der Waals surface area contributed by atoms with E-state index in [9.17, 15) is 18.3 Å². The number of carbonyl (C=O) groups is 1. The lowest BCUT2D eigenvalue weighted by atomic mass is 9.91. The van der Waals surface area contributed by atoms with Crippen LogP contribution in [0.2, 0.25) is 0 Å². The van der Waals surface area contributed by atoms with Crippen LogP contribution in [0.25, 0.3) is 0 Å². The molecule has 8 nitrogen and oxygen atoms in total. The first-order valence-electron chi connectivity index (χ1n) is 8.73. The van der Waals surface area contributed by atoms with Gasteiger partial charge in [0.15, 0.2) is 9.84 Å². The third kappa shape index (κ3) is 4.44. The van der Waals surface area contributed by atoms with Crippen molar-refractivity contribution in [2.45, 2.75) is 63.2 Å². The largest absolute Gasteiger partial charge is 0.395 e. The molecule has 1 saturated heterocycles. The molecule has 0 unspecified atom stereocenters. The molecule has 1 fully saturated rings. The standard InChI is InChI=1S/C17H28N2O6S/c1-16(2,11-20)13-9-14(25-19-13)18-15(21)17(3,4)26(22,23)10-12-7-5-6-8-24-12/h9,12,20H,5-8,10-11H2,1-4H3,(H,18,21)/t12-/m1/s1. The second-order valence-corrected chi connectivity index (χ2v) is 10.4. The Bertz CT molecular complexity index is 732. The molecule has 1 aromatic heterocycles. The van der Waals surface area contributed by atoms with Crippen LogP contribution in [0.3, 0.4) is 0 Å². The average molecular weight is 388 g/mol. The smallest absolute Gasteiger partial charge is 0.247 e. The number of nitrogens with zero attached hydrogens (tertiary/aromatic N) is 1. The summed E-state index contributed by atoms with van der Waals surface area (Å²) in [5.41, 5.74) is -0.168. The summed E-state index contributed by atoms with van der Waals surface area (Å²) in [5.74, 6) is -0.839. The highest BCUT2D eigenvalue weighted by molar-refractivity contribution is 7.93.